The minimum absolute atomic E-state index is 0.00295. The molecule has 0 saturated heterocycles. The van der Waals surface area contributed by atoms with Crippen molar-refractivity contribution in [2.45, 2.75) is 36.3 Å². The van der Waals surface area contributed by atoms with Crippen molar-refractivity contribution >= 4 is 21.6 Å². The summed E-state index contributed by atoms with van der Waals surface area (Å²) in [6, 6.07) is 4.45. The molecule has 0 radical (unpaired) electrons. The molecule has 1 amide bonds. The minimum atomic E-state index is -3.70. The predicted molar refractivity (Wildman–Crippen MR) is 89.4 cm³/mol. The van der Waals surface area contributed by atoms with E-state index < -0.39 is 10.0 Å². The first-order valence-corrected chi connectivity index (χ1v) is 9.11. The Morgan fingerprint density at radius 1 is 1.38 bits per heavy atom. The Morgan fingerprint density at radius 2 is 2.08 bits per heavy atom. The van der Waals surface area contributed by atoms with Gasteiger partial charge in [0.05, 0.1) is 19.6 Å². The van der Waals surface area contributed by atoms with Gasteiger partial charge in [0.1, 0.15) is 10.6 Å². The number of anilines is 1. The molecule has 1 aromatic carbocycles. The molecule has 0 bridgehead atoms. The molecule has 1 aromatic rings. The number of amides is 1. The summed E-state index contributed by atoms with van der Waals surface area (Å²) in [7, 11) is -0.826. The van der Waals surface area contributed by atoms with E-state index >= 15 is 0 Å². The zero-order valence-electron chi connectivity index (χ0n) is 13.7. The largest absolute Gasteiger partial charge is 0.495 e. The van der Waals surface area contributed by atoms with Gasteiger partial charge in [-0.25, -0.2) is 13.1 Å². The quantitative estimate of drug-likeness (QED) is 0.590. The molecule has 4 N–H and O–H groups in total. The van der Waals surface area contributed by atoms with Crippen LogP contribution in [0.5, 0.6) is 5.75 Å². The number of nitrogens with two attached hydrogens (primary N) is 1. The molecule has 2 rings (SSSR count). The third-order valence-electron chi connectivity index (χ3n) is 3.65. The monoisotopic (exact) mass is 357 g/mol. The highest BCUT2D eigenvalue weighted by atomic mass is 32.2. The van der Waals surface area contributed by atoms with Crippen LogP contribution in [0.1, 0.15) is 19.3 Å². The zero-order valence-corrected chi connectivity index (χ0v) is 14.6. The molecule has 1 fully saturated rings. The Bertz CT molecular complexity index is 684. The number of hydrogen-bond donors (Lipinski definition) is 3. The lowest BCUT2D eigenvalue weighted by molar-refractivity contribution is -0.118. The van der Waals surface area contributed by atoms with Crippen molar-refractivity contribution in [1.82, 2.24) is 4.72 Å². The molecule has 134 valence electrons. The van der Waals surface area contributed by atoms with E-state index in [0.29, 0.717) is 5.69 Å². The molecule has 1 aliphatic carbocycles. The van der Waals surface area contributed by atoms with Crippen LogP contribution in [-0.2, 0) is 19.6 Å². The molecular formula is C15H23N3O5S. The van der Waals surface area contributed by atoms with Crippen LogP contribution >= 0.6 is 0 Å². The molecule has 1 atom stereocenters. The maximum Gasteiger partial charge on any atom is 0.244 e. The molecule has 1 unspecified atom stereocenters. The van der Waals surface area contributed by atoms with E-state index in [1.54, 1.807) is 6.07 Å². The highest BCUT2D eigenvalue weighted by molar-refractivity contribution is 7.89. The Hall–Kier alpha value is -1.68. The molecular weight excluding hydrogens is 334 g/mol. The number of benzene rings is 1. The number of methoxy groups -OCH3 is 2. The van der Waals surface area contributed by atoms with E-state index in [1.165, 1.54) is 26.4 Å². The molecule has 1 aliphatic rings. The van der Waals surface area contributed by atoms with Crippen LogP contribution in [0.4, 0.5) is 5.69 Å². The zero-order chi connectivity index (χ0) is 17.7. The van der Waals surface area contributed by atoms with Crippen LogP contribution in [0.25, 0.3) is 0 Å². The second-order valence-corrected chi connectivity index (χ2v) is 7.29. The van der Waals surface area contributed by atoms with Gasteiger partial charge in [-0.3, -0.25) is 4.79 Å². The van der Waals surface area contributed by atoms with Gasteiger partial charge < -0.3 is 20.5 Å². The highest BCUT2D eigenvalue weighted by Crippen LogP contribution is 2.29. The van der Waals surface area contributed by atoms with E-state index in [-0.39, 0.29) is 41.7 Å². The normalized spacial score (nSPS) is 15.8. The Labute approximate surface area is 141 Å². The van der Waals surface area contributed by atoms with Crippen molar-refractivity contribution in [3.63, 3.8) is 0 Å². The first-order chi connectivity index (χ1) is 11.4. The van der Waals surface area contributed by atoms with E-state index in [0.717, 1.165) is 12.8 Å². The average molecular weight is 357 g/mol. The molecule has 1 saturated carbocycles. The highest BCUT2D eigenvalue weighted by Gasteiger charge is 2.30. The van der Waals surface area contributed by atoms with E-state index in [1.807, 2.05) is 0 Å². The molecule has 0 heterocycles. The van der Waals surface area contributed by atoms with Gasteiger partial charge in [-0.05, 0) is 31.0 Å². The third-order valence-corrected chi connectivity index (χ3v) is 5.19. The lowest BCUT2D eigenvalue weighted by Crippen LogP contribution is -2.28. The first kappa shape index (κ1) is 18.7. The van der Waals surface area contributed by atoms with Gasteiger partial charge in [-0.15, -0.1) is 0 Å². The molecule has 0 aromatic heterocycles. The fourth-order valence-electron chi connectivity index (χ4n) is 2.13. The maximum absolute atomic E-state index is 12.4. The van der Waals surface area contributed by atoms with Crippen molar-refractivity contribution in [3.05, 3.63) is 18.2 Å². The van der Waals surface area contributed by atoms with Gasteiger partial charge in [0.25, 0.3) is 0 Å². The average Bonchev–Trinajstić information content (AvgIpc) is 3.35. The number of carbonyl (C=O) groups excluding carboxylic acids is 1. The van der Waals surface area contributed by atoms with Crippen LogP contribution in [0.3, 0.4) is 0 Å². The van der Waals surface area contributed by atoms with Gasteiger partial charge in [0, 0.05) is 25.4 Å². The number of sulfonamides is 1. The lowest BCUT2D eigenvalue weighted by atomic mass is 10.2. The summed E-state index contributed by atoms with van der Waals surface area (Å²) < 4.78 is 37.6. The van der Waals surface area contributed by atoms with Gasteiger partial charge in [-0.2, -0.15) is 0 Å². The number of carbonyl (C=O) groups is 1. The predicted octanol–water partition coefficient (Wildman–Crippen LogP) is 0.438. The van der Waals surface area contributed by atoms with Crippen molar-refractivity contribution in [2.75, 3.05) is 26.1 Å². The smallest absolute Gasteiger partial charge is 0.244 e. The van der Waals surface area contributed by atoms with Gasteiger partial charge >= 0.3 is 0 Å². The van der Waals surface area contributed by atoms with Gasteiger partial charge in [-0.1, -0.05) is 0 Å². The summed E-state index contributed by atoms with van der Waals surface area (Å²) >= 11 is 0. The fraction of sp³-hybridized carbons (Fsp3) is 0.533. The molecule has 8 nitrogen and oxygen atoms in total. The number of ether oxygens (including phenoxy) is 2. The summed E-state index contributed by atoms with van der Waals surface area (Å²) in [6.07, 6.45) is 1.36. The second kappa shape index (κ2) is 7.93. The minimum Gasteiger partial charge on any atom is -0.495 e. The van der Waals surface area contributed by atoms with Crippen molar-refractivity contribution in [1.29, 1.82) is 0 Å². The Kier molecular flexibility index (Phi) is 6.16. The Balaban J connectivity index is 2.17. The standard InChI is InChI=1S/C15H23N3O5S/c1-22-12(9-16)8-15(19)17-11-5-6-13(23-2)14(7-11)24(20,21)18-10-3-4-10/h5-7,10,12,18H,3-4,8-9,16H2,1-2H3,(H,17,19). The molecule has 24 heavy (non-hydrogen) atoms. The number of rotatable bonds is 9. The van der Waals surface area contributed by atoms with Crippen molar-refractivity contribution in [3.8, 4) is 5.75 Å². The van der Waals surface area contributed by atoms with Crippen LogP contribution in [-0.4, -0.2) is 47.2 Å². The van der Waals surface area contributed by atoms with Crippen LogP contribution < -0.4 is 20.5 Å². The molecule has 0 aliphatic heterocycles. The third kappa shape index (κ3) is 4.91. The lowest BCUT2D eigenvalue weighted by Gasteiger charge is -2.15. The number of nitrogens with one attached hydrogen (secondary N) is 2. The summed E-state index contributed by atoms with van der Waals surface area (Å²) in [5.74, 6) is -0.0890. The fourth-order valence-corrected chi connectivity index (χ4v) is 3.63. The van der Waals surface area contributed by atoms with Crippen LogP contribution in [0.2, 0.25) is 0 Å². The summed E-state index contributed by atoms with van der Waals surface area (Å²) in [5, 5.41) is 2.65. The Morgan fingerprint density at radius 3 is 2.62 bits per heavy atom. The van der Waals surface area contributed by atoms with Crippen molar-refractivity contribution < 1.29 is 22.7 Å². The SMILES string of the molecule is COc1ccc(NC(=O)CC(CN)OC)cc1S(=O)(=O)NC1CC1. The van der Waals surface area contributed by atoms with Gasteiger partial charge in [0.15, 0.2) is 0 Å². The van der Waals surface area contributed by atoms with Crippen molar-refractivity contribution in [2.24, 2.45) is 5.73 Å². The molecule has 9 heteroatoms. The van der Waals surface area contributed by atoms with E-state index in [2.05, 4.69) is 10.0 Å². The molecule has 0 spiro atoms. The van der Waals surface area contributed by atoms with Crippen LogP contribution in [0, 0.1) is 0 Å². The topological polar surface area (TPSA) is 120 Å². The first-order valence-electron chi connectivity index (χ1n) is 7.62. The van der Waals surface area contributed by atoms with Gasteiger partial charge in [0.2, 0.25) is 15.9 Å². The summed E-state index contributed by atoms with van der Waals surface area (Å²) in [4.78, 5) is 12.0. The maximum atomic E-state index is 12.4. The number of hydrogen-bond acceptors (Lipinski definition) is 6. The van der Waals surface area contributed by atoms with Crippen LogP contribution in [0.15, 0.2) is 23.1 Å². The summed E-state index contributed by atoms with van der Waals surface area (Å²) in [6.45, 7) is 0.220. The van der Waals surface area contributed by atoms with E-state index in [9.17, 15) is 13.2 Å². The second-order valence-electron chi connectivity index (χ2n) is 5.61. The summed E-state index contributed by atoms with van der Waals surface area (Å²) in [5.41, 5.74) is 5.85. The van der Waals surface area contributed by atoms with E-state index in [4.69, 9.17) is 15.2 Å².